The number of carbonyl (C=O) groups is 1. The number of hydrogen-bond donors (Lipinski definition) is 1. The van der Waals surface area contributed by atoms with E-state index in [1.165, 1.54) is 23.1 Å². The van der Waals surface area contributed by atoms with E-state index < -0.39 is 5.92 Å². The highest BCUT2D eigenvalue weighted by Crippen LogP contribution is 2.44. The number of carbonyl (C=O) groups excluding carboxylic acids is 1. The Kier molecular flexibility index (Phi) is 5.58. The highest BCUT2D eigenvalue weighted by atomic mass is 32.2. The van der Waals surface area contributed by atoms with Crippen molar-refractivity contribution in [1.29, 1.82) is 5.26 Å². The van der Waals surface area contributed by atoms with Crippen LogP contribution in [0.5, 0.6) is 11.5 Å². The first kappa shape index (κ1) is 20.2. The van der Waals surface area contributed by atoms with Crippen molar-refractivity contribution >= 4 is 34.1 Å². The van der Waals surface area contributed by atoms with Gasteiger partial charge in [0.15, 0.2) is 4.34 Å². The number of amides is 1. The fourth-order valence-electron chi connectivity index (χ4n) is 3.51. The summed E-state index contributed by atoms with van der Waals surface area (Å²) in [6.07, 6.45) is 0. The summed E-state index contributed by atoms with van der Waals surface area (Å²) in [7, 11) is 0. The third kappa shape index (κ3) is 4.08. The summed E-state index contributed by atoms with van der Waals surface area (Å²) in [5, 5.41) is 20.6. The van der Waals surface area contributed by atoms with Crippen LogP contribution in [-0.2, 0) is 10.5 Å². The Bertz CT molecular complexity index is 1280. The van der Waals surface area contributed by atoms with Crippen molar-refractivity contribution in [2.24, 2.45) is 0 Å². The van der Waals surface area contributed by atoms with E-state index in [1.54, 1.807) is 12.1 Å². The van der Waals surface area contributed by atoms with Crippen molar-refractivity contribution < 1.29 is 9.53 Å². The van der Waals surface area contributed by atoms with Crippen LogP contribution in [0.1, 0.15) is 28.2 Å². The third-order valence-corrected chi connectivity index (χ3v) is 7.07. The molecule has 1 N–H and O–H groups in total. The topological polar surface area (TPSA) is 87.9 Å². The van der Waals surface area contributed by atoms with Crippen molar-refractivity contribution in [2.45, 2.75) is 16.0 Å². The summed E-state index contributed by atoms with van der Waals surface area (Å²) in [4.78, 5) is 13.3. The average Bonchev–Trinajstić information content (AvgIpc) is 3.28. The van der Waals surface area contributed by atoms with Gasteiger partial charge in [-0.05, 0) is 29.8 Å². The van der Waals surface area contributed by atoms with E-state index in [-0.39, 0.29) is 5.91 Å². The van der Waals surface area contributed by atoms with Gasteiger partial charge in [-0.3, -0.25) is 10.1 Å². The van der Waals surface area contributed by atoms with Crippen molar-refractivity contribution in [3.8, 4) is 17.6 Å². The number of aromatic nitrogens is 2. The van der Waals surface area contributed by atoms with Crippen LogP contribution in [0.15, 0.2) is 77.1 Å². The van der Waals surface area contributed by atoms with E-state index in [4.69, 9.17) is 10.00 Å². The molecule has 0 fully saturated rings. The van der Waals surface area contributed by atoms with E-state index in [0.717, 1.165) is 21.0 Å². The number of nitrogens with one attached hydrogen (secondary N) is 1. The molecule has 2 heterocycles. The zero-order chi connectivity index (χ0) is 21.9. The van der Waals surface area contributed by atoms with Crippen LogP contribution in [0, 0.1) is 11.3 Å². The first-order valence-corrected chi connectivity index (χ1v) is 11.6. The molecule has 0 saturated heterocycles. The molecule has 0 aliphatic carbocycles. The molecule has 0 saturated carbocycles. The SMILES string of the molecule is N#Cc1ccc(CSc2nnc(NC(=O)C3c4ccccc4Oc4ccccc43)s2)cc1. The number of fused-ring (bicyclic) bond motifs is 2. The van der Waals surface area contributed by atoms with Crippen LogP contribution in [0.2, 0.25) is 0 Å². The maximum absolute atomic E-state index is 13.3. The Morgan fingerprint density at radius 1 is 1.00 bits per heavy atom. The molecule has 1 aromatic heterocycles. The quantitative estimate of drug-likeness (QED) is 0.312. The molecule has 6 nitrogen and oxygen atoms in total. The van der Waals surface area contributed by atoms with Crippen molar-refractivity contribution in [2.75, 3.05) is 5.32 Å². The van der Waals surface area contributed by atoms with Gasteiger partial charge in [0.2, 0.25) is 11.0 Å². The Labute approximate surface area is 192 Å². The predicted molar refractivity (Wildman–Crippen MR) is 124 cm³/mol. The molecular weight excluding hydrogens is 440 g/mol. The smallest absolute Gasteiger partial charge is 0.238 e. The van der Waals surface area contributed by atoms with Gasteiger partial charge in [0.05, 0.1) is 17.6 Å². The molecule has 1 aliphatic rings. The van der Waals surface area contributed by atoms with Gasteiger partial charge in [-0.25, -0.2) is 0 Å². The summed E-state index contributed by atoms with van der Waals surface area (Å²) >= 11 is 2.88. The number of ether oxygens (including phenoxy) is 1. The summed E-state index contributed by atoms with van der Waals surface area (Å²) in [6, 6.07) is 24.7. The highest BCUT2D eigenvalue weighted by Gasteiger charge is 2.32. The van der Waals surface area contributed by atoms with Crippen LogP contribution in [0.3, 0.4) is 0 Å². The van der Waals surface area contributed by atoms with Crippen molar-refractivity contribution in [3.63, 3.8) is 0 Å². The Morgan fingerprint density at radius 2 is 1.66 bits per heavy atom. The molecular formula is C24H16N4O2S2. The summed E-state index contributed by atoms with van der Waals surface area (Å²) < 4.78 is 6.74. The van der Waals surface area contributed by atoms with E-state index in [1.807, 2.05) is 60.7 Å². The second-order valence-corrected chi connectivity index (χ2v) is 9.27. The second-order valence-electron chi connectivity index (χ2n) is 7.07. The minimum Gasteiger partial charge on any atom is -0.457 e. The zero-order valence-corrected chi connectivity index (χ0v) is 18.3. The maximum Gasteiger partial charge on any atom is 0.238 e. The molecule has 0 unspecified atom stereocenters. The van der Waals surface area contributed by atoms with E-state index >= 15 is 0 Å². The molecule has 0 atom stereocenters. The molecule has 3 aromatic carbocycles. The first-order chi connectivity index (χ1) is 15.7. The molecule has 32 heavy (non-hydrogen) atoms. The number of hydrogen-bond acceptors (Lipinski definition) is 7. The van der Waals surface area contributed by atoms with Crippen LogP contribution >= 0.6 is 23.1 Å². The molecule has 8 heteroatoms. The minimum atomic E-state index is -0.491. The maximum atomic E-state index is 13.3. The minimum absolute atomic E-state index is 0.173. The summed E-state index contributed by atoms with van der Waals surface area (Å²) in [5.74, 6) is 1.40. The summed E-state index contributed by atoms with van der Waals surface area (Å²) in [6.45, 7) is 0. The van der Waals surface area contributed by atoms with Gasteiger partial charge >= 0.3 is 0 Å². The van der Waals surface area contributed by atoms with Crippen LogP contribution in [-0.4, -0.2) is 16.1 Å². The van der Waals surface area contributed by atoms with Gasteiger partial charge in [0, 0.05) is 16.9 Å². The fourth-order valence-corrected chi connectivity index (χ4v) is 5.22. The molecule has 4 aromatic rings. The number of rotatable bonds is 5. The van der Waals surface area contributed by atoms with Gasteiger partial charge in [-0.1, -0.05) is 71.6 Å². The van der Waals surface area contributed by atoms with Gasteiger partial charge in [0.1, 0.15) is 11.5 Å². The van der Waals surface area contributed by atoms with E-state index in [0.29, 0.717) is 27.9 Å². The summed E-state index contributed by atoms with van der Waals surface area (Å²) in [5.41, 5.74) is 3.37. The molecule has 156 valence electrons. The molecule has 0 bridgehead atoms. The van der Waals surface area contributed by atoms with E-state index in [2.05, 4.69) is 21.6 Å². The number of nitriles is 1. The second kappa shape index (κ2) is 8.83. The number of anilines is 1. The normalized spacial score (nSPS) is 12.2. The Hall–Kier alpha value is -3.67. The van der Waals surface area contributed by atoms with Crippen LogP contribution in [0.4, 0.5) is 5.13 Å². The number of thioether (sulfide) groups is 1. The molecule has 5 rings (SSSR count). The van der Waals surface area contributed by atoms with E-state index in [9.17, 15) is 4.79 Å². The zero-order valence-electron chi connectivity index (χ0n) is 16.7. The van der Waals surface area contributed by atoms with Gasteiger partial charge in [-0.15, -0.1) is 10.2 Å². The number of nitrogens with zero attached hydrogens (tertiary/aromatic N) is 3. The highest BCUT2D eigenvalue weighted by molar-refractivity contribution is 8.00. The Balaban J connectivity index is 1.31. The molecule has 1 aliphatic heterocycles. The lowest BCUT2D eigenvalue weighted by Gasteiger charge is -2.27. The van der Waals surface area contributed by atoms with Crippen molar-refractivity contribution in [3.05, 3.63) is 95.1 Å². The molecule has 0 spiro atoms. The standard InChI is InChI=1S/C24H16N4O2S2/c25-13-15-9-11-16(12-10-15)14-31-24-28-27-23(32-24)26-22(29)21-17-5-1-3-7-19(17)30-20-8-4-2-6-18(20)21/h1-12,21H,14H2,(H,26,27,29). The van der Waals surface area contributed by atoms with Gasteiger partial charge in [-0.2, -0.15) is 5.26 Å². The van der Waals surface area contributed by atoms with Gasteiger partial charge < -0.3 is 4.74 Å². The third-order valence-electron chi connectivity index (χ3n) is 5.02. The lowest BCUT2D eigenvalue weighted by Crippen LogP contribution is -2.25. The van der Waals surface area contributed by atoms with Crippen LogP contribution < -0.4 is 10.1 Å². The largest absolute Gasteiger partial charge is 0.457 e. The first-order valence-electron chi connectivity index (χ1n) is 9.83. The lowest BCUT2D eigenvalue weighted by molar-refractivity contribution is -0.116. The Morgan fingerprint density at radius 3 is 2.31 bits per heavy atom. The van der Waals surface area contributed by atoms with Gasteiger partial charge in [0.25, 0.3) is 0 Å². The van der Waals surface area contributed by atoms with Crippen LogP contribution in [0.25, 0.3) is 0 Å². The number of para-hydroxylation sites is 2. The number of benzene rings is 3. The molecule has 0 radical (unpaired) electrons. The fraction of sp³-hybridized carbons (Fsp3) is 0.0833. The lowest BCUT2D eigenvalue weighted by atomic mass is 9.87. The average molecular weight is 457 g/mol. The predicted octanol–water partition coefficient (Wildman–Crippen LogP) is 5.58. The molecule has 1 amide bonds. The van der Waals surface area contributed by atoms with Crippen molar-refractivity contribution in [1.82, 2.24) is 10.2 Å². The monoisotopic (exact) mass is 456 g/mol.